The predicted octanol–water partition coefficient (Wildman–Crippen LogP) is 1.92. The van der Waals surface area contributed by atoms with Gasteiger partial charge in [-0.05, 0) is 26.0 Å². The van der Waals surface area contributed by atoms with Gasteiger partial charge in [0.25, 0.3) is 0 Å². The van der Waals surface area contributed by atoms with Gasteiger partial charge in [-0.15, -0.1) is 0 Å². The third-order valence-corrected chi connectivity index (χ3v) is 2.92. The van der Waals surface area contributed by atoms with Crippen LogP contribution in [0.25, 0.3) is 0 Å². The van der Waals surface area contributed by atoms with Gasteiger partial charge in [-0.1, -0.05) is 19.1 Å². The molecule has 4 nitrogen and oxygen atoms in total. The van der Waals surface area contributed by atoms with E-state index in [4.69, 9.17) is 5.11 Å². The third kappa shape index (κ3) is 4.74. The van der Waals surface area contributed by atoms with Crippen LogP contribution >= 0.6 is 0 Å². The maximum atomic E-state index is 13.1. The molecule has 0 unspecified atom stereocenters. The van der Waals surface area contributed by atoms with E-state index in [0.29, 0.717) is 0 Å². The number of halogens is 1. The van der Waals surface area contributed by atoms with Crippen molar-refractivity contribution in [3.05, 3.63) is 35.6 Å². The highest BCUT2D eigenvalue weighted by atomic mass is 19.1. The fourth-order valence-corrected chi connectivity index (χ4v) is 1.77. The Morgan fingerprint density at radius 2 is 2.05 bits per heavy atom. The third-order valence-electron chi connectivity index (χ3n) is 2.92. The van der Waals surface area contributed by atoms with Crippen molar-refractivity contribution >= 4 is 11.7 Å². The van der Waals surface area contributed by atoms with E-state index < -0.39 is 17.3 Å². The Bertz CT molecular complexity index is 500. The fourth-order valence-electron chi connectivity index (χ4n) is 1.77. The van der Waals surface area contributed by atoms with Crippen molar-refractivity contribution in [2.24, 2.45) is 5.92 Å². The van der Waals surface area contributed by atoms with Gasteiger partial charge in [-0.2, -0.15) is 0 Å². The number of Topliss-reactive ketones (excluding diaryl/α,β-unsaturated/α-hetero) is 1. The zero-order chi connectivity index (χ0) is 15.3. The molecule has 0 radical (unpaired) electrons. The molecule has 20 heavy (non-hydrogen) atoms. The van der Waals surface area contributed by atoms with Crippen molar-refractivity contribution < 1.29 is 19.1 Å². The van der Waals surface area contributed by atoms with E-state index in [1.807, 2.05) is 0 Å². The van der Waals surface area contributed by atoms with E-state index in [-0.39, 0.29) is 30.3 Å². The van der Waals surface area contributed by atoms with Crippen LogP contribution in [0.15, 0.2) is 24.3 Å². The van der Waals surface area contributed by atoms with E-state index in [2.05, 4.69) is 5.32 Å². The molecule has 0 saturated carbocycles. The highest BCUT2D eigenvalue weighted by Crippen LogP contribution is 2.14. The molecule has 0 spiro atoms. The zero-order valence-corrected chi connectivity index (χ0v) is 11.9. The number of nitrogens with one attached hydrogen (secondary N) is 1. The van der Waals surface area contributed by atoms with E-state index in [1.54, 1.807) is 20.8 Å². The second-order valence-corrected chi connectivity index (χ2v) is 5.57. The number of carbonyl (C=O) groups excluding carboxylic acids is 2. The lowest BCUT2D eigenvalue weighted by atomic mass is 9.95. The molecule has 1 rings (SSSR count). The minimum atomic E-state index is -0.724. The van der Waals surface area contributed by atoms with Crippen molar-refractivity contribution in [1.29, 1.82) is 0 Å². The van der Waals surface area contributed by atoms with Crippen LogP contribution in [0.3, 0.4) is 0 Å². The van der Waals surface area contributed by atoms with E-state index >= 15 is 0 Å². The highest BCUT2D eigenvalue weighted by molar-refractivity contribution is 5.99. The molecular weight excluding hydrogens is 261 g/mol. The number of hydrogen-bond acceptors (Lipinski definition) is 3. The molecule has 0 aliphatic rings. The van der Waals surface area contributed by atoms with Gasteiger partial charge in [0.1, 0.15) is 5.82 Å². The largest absolute Gasteiger partial charge is 0.394 e. The van der Waals surface area contributed by atoms with E-state index in [9.17, 15) is 14.0 Å². The minimum Gasteiger partial charge on any atom is -0.394 e. The number of rotatable bonds is 6. The van der Waals surface area contributed by atoms with Crippen LogP contribution in [-0.4, -0.2) is 28.9 Å². The van der Waals surface area contributed by atoms with Gasteiger partial charge in [0.05, 0.1) is 12.1 Å². The molecule has 0 fully saturated rings. The topological polar surface area (TPSA) is 66.4 Å². The molecule has 0 aliphatic heterocycles. The Hall–Kier alpha value is -1.75. The number of amides is 1. The summed E-state index contributed by atoms with van der Waals surface area (Å²) in [6.45, 7) is 4.80. The first-order chi connectivity index (χ1) is 9.25. The fraction of sp³-hybridized carbons (Fsp3) is 0.467. The number of carbonyl (C=O) groups is 2. The number of aliphatic hydroxyl groups is 1. The number of ketones is 1. The second-order valence-electron chi connectivity index (χ2n) is 5.57. The molecule has 5 heteroatoms. The minimum absolute atomic E-state index is 0.00121. The summed E-state index contributed by atoms with van der Waals surface area (Å²) < 4.78 is 13.1. The average Bonchev–Trinajstić information content (AvgIpc) is 2.37. The standard InChI is InChI=1S/C15H20FNO3/c1-10(7-13(19)17-15(2,3)9-18)14(20)11-5-4-6-12(16)8-11/h4-6,8,10,18H,7,9H2,1-3H3,(H,17,19)/t10-/m1/s1. The monoisotopic (exact) mass is 281 g/mol. The smallest absolute Gasteiger partial charge is 0.221 e. The number of hydrogen-bond donors (Lipinski definition) is 2. The van der Waals surface area contributed by atoms with Crippen LogP contribution in [0.5, 0.6) is 0 Å². The molecular formula is C15H20FNO3. The van der Waals surface area contributed by atoms with Crippen molar-refractivity contribution in [3.63, 3.8) is 0 Å². The Kier molecular flexibility index (Phi) is 5.39. The summed E-state index contributed by atoms with van der Waals surface area (Å²) in [5.41, 5.74) is -0.467. The normalized spacial score (nSPS) is 12.8. The molecule has 110 valence electrons. The zero-order valence-electron chi connectivity index (χ0n) is 11.9. The predicted molar refractivity (Wildman–Crippen MR) is 73.8 cm³/mol. The first kappa shape index (κ1) is 16.3. The van der Waals surface area contributed by atoms with E-state index in [1.165, 1.54) is 18.2 Å². The summed E-state index contributed by atoms with van der Waals surface area (Å²) in [5.74, 6) is -1.62. The van der Waals surface area contributed by atoms with Gasteiger partial charge < -0.3 is 10.4 Å². The Balaban J connectivity index is 2.65. The van der Waals surface area contributed by atoms with Crippen molar-refractivity contribution in [1.82, 2.24) is 5.32 Å². The maximum Gasteiger partial charge on any atom is 0.221 e. The van der Waals surface area contributed by atoms with Crippen molar-refractivity contribution in [3.8, 4) is 0 Å². The first-order valence-electron chi connectivity index (χ1n) is 6.47. The lowest BCUT2D eigenvalue weighted by Gasteiger charge is -2.24. The van der Waals surface area contributed by atoms with Gasteiger partial charge in [-0.3, -0.25) is 9.59 Å². The van der Waals surface area contributed by atoms with Crippen LogP contribution in [-0.2, 0) is 4.79 Å². The van der Waals surface area contributed by atoms with Gasteiger partial charge in [0, 0.05) is 17.9 Å². The molecule has 1 aromatic rings. The molecule has 0 aromatic heterocycles. The van der Waals surface area contributed by atoms with Crippen molar-refractivity contribution in [2.75, 3.05) is 6.61 Å². The molecule has 0 aliphatic carbocycles. The second kappa shape index (κ2) is 6.61. The molecule has 0 bridgehead atoms. The summed E-state index contributed by atoms with van der Waals surface area (Å²) in [4.78, 5) is 23.9. The summed E-state index contributed by atoms with van der Waals surface area (Å²) in [6.07, 6.45) is -0.00121. The van der Waals surface area contributed by atoms with Crippen LogP contribution in [0.4, 0.5) is 4.39 Å². The van der Waals surface area contributed by atoms with Gasteiger partial charge in [0.2, 0.25) is 5.91 Å². The molecule has 0 heterocycles. The lowest BCUT2D eigenvalue weighted by molar-refractivity contribution is -0.123. The summed E-state index contributed by atoms with van der Waals surface area (Å²) in [6, 6.07) is 5.41. The Labute approximate surface area is 118 Å². The molecule has 1 aromatic carbocycles. The molecule has 2 N–H and O–H groups in total. The molecule has 0 saturated heterocycles. The Morgan fingerprint density at radius 3 is 2.60 bits per heavy atom. The SMILES string of the molecule is C[C@H](CC(=O)NC(C)(C)CO)C(=O)c1cccc(F)c1. The average molecular weight is 281 g/mol. The first-order valence-corrected chi connectivity index (χ1v) is 6.47. The Morgan fingerprint density at radius 1 is 1.40 bits per heavy atom. The molecule has 1 amide bonds. The molecule has 1 atom stereocenters. The highest BCUT2D eigenvalue weighted by Gasteiger charge is 2.23. The van der Waals surface area contributed by atoms with Crippen LogP contribution in [0.2, 0.25) is 0 Å². The van der Waals surface area contributed by atoms with Crippen molar-refractivity contribution in [2.45, 2.75) is 32.7 Å². The van der Waals surface area contributed by atoms with Gasteiger partial charge >= 0.3 is 0 Å². The summed E-state index contributed by atoms with van der Waals surface area (Å²) in [7, 11) is 0. The maximum absolute atomic E-state index is 13.1. The quantitative estimate of drug-likeness (QED) is 0.783. The van der Waals surface area contributed by atoms with Crippen LogP contribution in [0, 0.1) is 11.7 Å². The summed E-state index contributed by atoms with van der Waals surface area (Å²) >= 11 is 0. The number of benzene rings is 1. The van der Waals surface area contributed by atoms with Gasteiger partial charge in [0.15, 0.2) is 5.78 Å². The van der Waals surface area contributed by atoms with Crippen LogP contribution < -0.4 is 5.32 Å². The van der Waals surface area contributed by atoms with Crippen LogP contribution in [0.1, 0.15) is 37.6 Å². The number of aliphatic hydroxyl groups excluding tert-OH is 1. The van der Waals surface area contributed by atoms with E-state index in [0.717, 1.165) is 6.07 Å². The van der Waals surface area contributed by atoms with Gasteiger partial charge in [-0.25, -0.2) is 4.39 Å². The summed E-state index contributed by atoms with van der Waals surface area (Å²) in [5, 5.41) is 11.7. The lowest BCUT2D eigenvalue weighted by Crippen LogP contribution is -2.46.